The molecule has 0 radical (unpaired) electrons. The molecular weight excluding hydrogens is 460 g/mol. The highest BCUT2D eigenvalue weighted by Crippen LogP contribution is 2.21. The maximum Gasteiger partial charge on any atom is 0.268 e. The average Bonchev–Trinajstić information content (AvgIpc) is 2.84. The molecule has 0 aliphatic heterocycles. The van der Waals surface area contributed by atoms with Crippen LogP contribution in [0.5, 0.6) is 0 Å². The van der Waals surface area contributed by atoms with Crippen LogP contribution in [0.2, 0.25) is 0 Å². The fourth-order valence-electron chi connectivity index (χ4n) is 2.96. The Morgan fingerprint density at radius 2 is 1.49 bits per heavy atom. The summed E-state index contributed by atoms with van der Waals surface area (Å²) in [5.74, 6) is 7.81. The van der Waals surface area contributed by atoms with Crippen molar-refractivity contribution in [1.29, 1.82) is 0 Å². The minimum atomic E-state index is -3.25. The van der Waals surface area contributed by atoms with Crippen LogP contribution in [0.25, 0.3) is 0 Å². The first-order valence-corrected chi connectivity index (χ1v) is 10.1. The summed E-state index contributed by atoms with van der Waals surface area (Å²) in [5.41, 5.74) is 0.464. The van der Waals surface area contributed by atoms with E-state index in [-0.39, 0.29) is 5.56 Å². The van der Waals surface area contributed by atoms with Gasteiger partial charge in [0.05, 0.1) is 0 Å². The summed E-state index contributed by atoms with van der Waals surface area (Å²) in [6.07, 6.45) is -2.53. The lowest BCUT2D eigenvalue weighted by atomic mass is 9.91. The summed E-state index contributed by atoms with van der Waals surface area (Å²) in [7, 11) is 0. The molecule has 0 aromatic heterocycles. The van der Waals surface area contributed by atoms with Crippen LogP contribution in [0.4, 0.5) is 8.78 Å². The number of nitrogens with one attached hydrogen (secondary N) is 3. The number of aldehydes is 1. The highest BCUT2D eigenvalue weighted by atomic mass is 19.3. The molecular formula is C25H21F2N3O5. The van der Waals surface area contributed by atoms with Crippen molar-refractivity contribution in [3.8, 4) is 23.7 Å². The Balaban J connectivity index is 2.16. The molecule has 0 spiro atoms. The molecule has 2 atom stereocenters. The fraction of sp³-hybridized carbons (Fsp3) is 0.200. The predicted octanol–water partition coefficient (Wildman–Crippen LogP) is 1.67. The summed E-state index contributed by atoms with van der Waals surface area (Å²) in [6, 6.07) is 10.3. The van der Waals surface area contributed by atoms with Gasteiger partial charge in [-0.15, -0.1) is 0 Å². The lowest BCUT2D eigenvalue weighted by molar-refractivity contribution is -0.137. The molecule has 10 heteroatoms. The number of hydroxylamine groups is 1. The van der Waals surface area contributed by atoms with Gasteiger partial charge < -0.3 is 10.6 Å². The molecule has 8 nitrogen and oxygen atoms in total. The van der Waals surface area contributed by atoms with E-state index in [0.717, 1.165) is 20.1 Å². The van der Waals surface area contributed by atoms with Crippen LogP contribution in [0.1, 0.15) is 45.7 Å². The number of hydrogen-bond donors (Lipinski definition) is 4. The maximum atomic E-state index is 13.7. The van der Waals surface area contributed by atoms with Crippen molar-refractivity contribution in [1.82, 2.24) is 16.1 Å². The second-order valence-corrected chi connectivity index (χ2v) is 7.46. The Morgan fingerprint density at radius 3 is 1.91 bits per heavy atom. The van der Waals surface area contributed by atoms with E-state index in [1.165, 1.54) is 29.7 Å². The van der Waals surface area contributed by atoms with Gasteiger partial charge in [-0.3, -0.25) is 24.4 Å². The third-order valence-corrected chi connectivity index (χ3v) is 4.82. The molecule has 2 aromatic rings. The third-order valence-electron chi connectivity index (χ3n) is 4.82. The summed E-state index contributed by atoms with van der Waals surface area (Å²) in [4.78, 5) is 46.7. The monoisotopic (exact) mass is 481 g/mol. The van der Waals surface area contributed by atoms with E-state index in [0.29, 0.717) is 16.7 Å². The number of amides is 3. The van der Waals surface area contributed by atoms with Gasteiger partial charge in [-0.05, 0) is 55.2 Å². The van der Waals surface area contributed by atoms with Crippen LogP contribution < -0.4 is 16.1 Å². The van der Waals surface area contributed by atoms with Crippen LogP contribution >= 0.6 is 0 Å². The van der Waals surface area contributed by atoms with E-state index in [4.69, 9.17) is 5.21 Å². The quantitative estimate of drug-likeness (QED) is 0.207. The van der Waals surface area contributed by atoms with Gasteiger partial charge in [-0.1, -0.05) is 24.0 Å². The zero-order valence-electron chi connectivity index (χ0n) is 18.7. The van der Waals surface area contributed by atoms with Crippen molar-refractivity contribution in [2.45, 2.75) is 31.9 Å². The highest BCUT2D eigenvalue weighted by Gasteiger charge is 2.48. The first kappa shape index (κ1) is 26.7. The summed E-state index contributed by atoms with van der Waals surface area (Å²) in [6.45, 7) is 1.85. The molecule has 0 saturated carbocycles. The van der Waals surface area contributed by atoms with Crippen LogP contribution in [0, 0.1) is 23.7 Å². The molecule has 0 fully saturated rings. The van der Waals surface area contributed by atoms with Gasteiger partial charge in [0, 0.05) is 29.2 Å². The van der Waals surface area contributed by atoms with Gasteiger partial charge in [0.1, 0.15) is 17.9 Å². The average molecular weight is 481 g/mol. The number of benzene rings is 2. The van der Waals surface area contributed by atoms with Gasteiger partial charge >= 0.3 is 0 Å². The van der Waals surface area contributed by atoms with Crippen LogP contribution in [0.15, 0.2) is 48.5 Å². The molecule has 4 N–H and O–H groups in total. The Morgan fingerprint density at radius 1 is 0.971 bits per heavy atom. The molecule has 0 bridgehead atoms. The normalized spacial score (nSPS) is 12.5. The molecule has 3 amide bonds. The number of alkyl halides is 2. The van der Waals surface area contributed by atoms with Crippen molar-refractivity contribution in [2.75, 3.05) is 0 Å². The molecule has 1 unspecified atom stereocenters. The topological polar surface area (TPSA) is 125 Å². The summed E-state index contributed by atoms with van der Waals surface area (Å²) < 4.78 is 27.4. The van der Waals surface area contributed by atoms with E-state index in [2.05, 4.69) is 29.0 Å². The van der Waals surface area contributed by atoms with Gasteiger partial charge in [0.15, 0.2) is 0 Å². The molecule has 2 aromatic carbocycles. The van der Waals surface area contributed by atoms with Crippen molar-refractivity contribution in [2.24, 2.45) is 0 Å². The van der Waals surface area contributed by atoms with Gasteiger partial charge in [0.25, 0.3) is 18.2 Å². The van der Waals surface area contributed by atoms with Crippen molar-refractivity contribution in [3.05, 3.63) is 70.8 Å². The van der Waals surface area contributed by atoms with E-state index in [1.807, 2.05) is 5.32 Å². The van der Waals surface area contributed by atoms with E-state index in [9.17, 15) is 28.0 Å². The van der Waals surface area contributed by atoms with Crippen molar-refractivity contribution >= 4 is 24.0 Å². The molecule has 0 aliphatic carbocycles. The van der Waals surface area contributed by atoms with Crippen molar-refractivity contribution < 1.29 is 33.2 Å². The Labute approximate surface area is 200 Å². The van der Waals surface area contributed by atoms with E-state index >= 15 is 0 Å². The third kappa shape index (κ3) is 7.22. The molecule has 0 aliphatic rings. The standard InChI is InChI=1S/C25H21F2N3O5/c1-16(32)29-25(2,24(26)27)21(23(34)30-35)28-22(33)20-13-11-18(12-14-20)6-4-3-5-17-7-9-19(15-31)10-8-17/h7-15,21,24,35H,1-2H3,(H,28,33)(H,29,32)(H,30,34)/t21-,25?/m1/s1. The second kappa shape index (κ2) is 12.1. The van der Waals surface area contributed by atoms with Crippen molar-refractivity contribution in [3.63, 3.8) is 0 Å². The Bertz CT molecular complexity index is 1220. The number of carbonyl (C=O) groups is 4. The lowest BCUT2D eigenvalue weighted by Crippen LogP contribution is -2.68. The number of hydrogen-bond acceptors (Lipinski definition) is 5. The first-order chi connectivity index (χ1) is 16.6. The maximum absolute atomic E-state index is 13.7. The number of rotatable bonds is 7. The zero-order valence-corrected chi connectivity index (χ0v) is 18.7. The first-order valence-electron chi connectivity index (χ1n) is 10.1. The smallest absolute Gasteiger partial charge is 0.268 e. The minimum Gasteiger partial charge on any atom is -0.343 e. The Hall–Kier alpha value is -4.54. The summed E-state index contributed by atoms with van der Waals surface area (Å²) >= 11 is 0. The second-order valence-electron chi connectivity index (χ2n) is 7.46. The SMILES string of the molecule is CC(=O)NC(C)(C(F)F)[C@H](NC(=O)c1ccc(C#CC#Cc2ccc(C=O)cc2)cc1)C(=O)NO. The van der Waals surface area contributed by atoms with Crippen LogP contribution in [0.3, 0.4) is 0 Å². The molecule has 0 saturated heterocycles. The molecule has 35 heavy (non-hydrogen) atoms. The largest absolute Gasteiger partial charge is 0.343 e. The number of carbonyl (C=O) groups excluding carboxylic acids is 4. The van der Waals surface area contributed by atoms with E-state index < -0.39 is 35.7 Å². The molecule has 180 valence electrons. The fourth-order valence-corrected chi connectivity index (χ4v) is 2.96. The zero-order chi connectivity index (χ0) is 26.0. The van der Waals surface area contributed by atoms with Gasteiger partial charge in [0.2, 0.25) is 5.91 Å². The van der Waals surface area contributed by atoms with Crippen LogP contribution in [-0.4, -0.2) is 47.2 Å². The van der Waals surface area contributed by atoms with Gasteiger partial charge in [-0.25, -0.2) is 14.3 Å². The molecule has 0 heterocycles. The van der Waals surface area contributed by atoms with Gasteiger partial charge in [-0.2, -0.15) is 0 Å². The lowest BCUT2D eigenvalue weighted by Gasteiger charge is -2.36. The highest BCUT2D eigenvalue weighted by molar-refractivity contribution is 5.98. The number of halogens is 2. The summed E-state index contributed by atoms with van der Waals surface area (Å²) in [5, 5.41) is 13.0. The predicted molar refractivity (Wildman–Crippen MR) is 121 cm³/mol. The molecule has 2 rings (SSSR count). The van der Waals surface area contributed by atoms with E-state index in [1.54, 1.807) is 24.3 Å². The van der Waals surface area contributed by atoms with Crippen LogP contribution in [-0.2, 0) is 9.59 Å². The minimum absolute atomic E-state index is 0.0204. The Kier molecular flexibility index (Phi) is 9.21.